The molecule has 0 aromatic carbocycles. The van der Waals surface area contributed by atoms with E-state index in [1.807, 2.05) is 6.26 Å². The number of rotatable bonds is 5. The Bertz CT molecular complexity index is 224. The lowest BCUT2D eigenvalue weighted by molar-refractivity contribution is 0.734. The Labute approximate surface area is 80.8 Å². The minimum absolute atomic E-state index is 0.772. The number of aryl methyl sites for hydroxylation is 1. The summed E-state index contributed by atoms with van der Waals surface area (Å²) >= 11 is 3.33. The normalized spacial score (nSPS) is 10.5. The molecule has 5 heteroatoms. The summed E-state index contributed by atoms with van der Waals surface area (Å²) in [6, 6.07) is 0. The number of thioether (sulfide) groups is 1. The zero-order valence-corrected chi connectivity index (χ0v) is 8.75. The van der Waals surface area contributed by atoms with E-state index in [9.17, 15) is 0 Å². The van der Waals surface area contributed by atoms with E-state index in [-0.39, 0.29) is 0 Å². The predicted octanol–water partition coefficient (Wildman–Crippen LogP) is 1.54. The SMILES string of the molecule is CSc1nnc(CCCCN)s1. The molecule has 2 N–H and O–H groups in total. The predicted molar refractivity (Wildman–Crippen MR) is 53.7 cm³/mol. The first-order valence-corrected chi connectivity index (χ1v) is 5.97. The standard InChI is InChI=1S/C7H13N3S2/c1-11-7-10-9-6(12-7)4-2-3-5-8/h2-5,8H2,1H3. The summed E-state index contributed by atoms with van der Waals surface area (Å²) in [5.74, 6) is 0. The van der Waals surface area contributed by atoms with Gasteiger partial charge in [-0.2, -0.15) is 0 Å². The zero-order valence-electron chi connectivity index (χ0n) is 7.12. The van der Waals surface area contributed by atoms with E-state index < -0.39 is 0 Å². The maximum atomic E-state index is 5.39. The van der Waals surface area contributed by atoms with Crippen molar-refractivity contribution >= 4 is 23.1 Å². The van der Waals surface area contributed by atoms with Gasteiger partial charge >= 0.3 is 0 Å². The molecule has 0 unspecified atom stereocenters. The molecule has 1 aromatic rings. The van der Waals surface area contributed by atoms with Crippen molar-refractivity contribution in [1.82, 2.24) is 10.2 Å². The molecule has 0 spiro atoms. The maximum Gasteiger partial charge on any atom is 0.174 e. The largest absolute Gasteiger partial charge is 0.330 e. The van der Waals surface area contributed by atoms with Gasteiger partial charge in [0.2, 0.25) is 0 Å². The molecule has 0 fully saturated rings. The van der Waals surface area contributed by atoms with Crippen LogP contribution in [0.25, 0.3) is 0 Å². The van der Waals surface area contributed by atoms with E-state index in [0.717, 1.165) is 35.2 Å². The van der Waals surface area contributed by atoms with Crippen molar-refractivity contribution in [2.75, 3.05) is 12.8 Å². The monoisotopic (exact) mass is 203 g/mol. The van der Waals surface area contributed by atoms with Crippen LogP contribution < -0.4 is 5.73 Å². The van der Waals surface area contributed by atoms with Gasteiger partial charge in [0.25, 0.3) is 0 Å². The Morgan fingerprint density at radius 1 is 1.42 bits per heavy atom. The van der Waals surface area contributed by atoms with E-state index >= 15 is 0 Å². The van der Waals surface area contributed by atoms with E-state index in [0.29, 0.717) is 0 Å². The van der Waals surface area contributed by atoms with Crippen molar-refractivity contribution in [3.63, 3.8) is 0 Å². The summed E-state index contributed by atoms with van der Waals surface area (Å²) in [6.07, 6.45) is 5.24. The summed E-state index contributed by atoms with van der Waals surface area (Å²) < 4.78 is 1.05. The Balaban J connectivity index is 2.31. The molecule has 12 heavy (non-hydrogen) atoms. The second-order valence-corrected chi connectivity index (χ2v) is 4.53. The number of hydrogen-bond donors (Lipinski definition) is 1. The van der Waals surface area contributed by atoms with Gasteiger partial charge in [0, 0.05) is 6.42 Å². The molecule has 0 saturated heterocycles. The third-order valence-corrected chi connectivity index (χ3v) is 3.43. The highest BCUT2D eigenvalue weighted by molar-refractivity contribution is 8.00. The summed E-state index contributed by atoms with van der Waals surface area (Å²) in [7, 11) is 0. The number of nitrogens with two attached hydrogens (primary N) is 1. The van der Waals surface area contributed by atoms with Crippen LogP contribution in [0.4, 0.5) is 0 Å². The van der Waals surface area contributed by atoms with E-state index in [1.165, 1.54) is 0 Å². The molecule has 1 rings (SSSR count). The second kappa shape index (κ2) is 5.50. The van der Waals surface area contributed by atoms with Crippen LogP contribution in [0.15, 0.2) is 4.34 Å². The fourth-order valence-electron chi connectivity index (χ4n) is 0.842. The Hall–Kier alpha value is -0.130. The zero-order chi connectivity index (χ0) is 8.81. The summed E-state index contributed by atoms with van der Waals surface area (Å²) in [5.41, 5.74) is 5.39. The lowest BCUT2D eigenvalue weighted by Crippen LogP contribution is -1.98. The highest BCUT2D eigenvalue weighted by Gasteiger charge is 2.01. The highest BCUT2D eigenvalue weighted by atomic mass is 32.2. The molecule has 1 aromatic heterocycles. The molecule has 1 heterocycles. The highest BCUT2D eigenvalue weighted by Crippen LogP contribution is 2.20. The third-order valence-electron chi connectivity index (χ3n) is 1.47. The van der Waals surface area contributed by atoms with Gasteiger partial charge in [-0.05, 0) is 25.6 Å². The Kier molecular flexibility index (Phi) is 4.57. The molecular formula is C7H13N3S2. The number of hydrogen-bond acceptors (Lipinski definition) is 5. The number of aromatic nitrogens is 2. The van der Waals surface area contributed by atoms with Crippen LogP contribution in [0.2, 0.25) is 0 Å². The molecule has 0 aliphatic carbocycles. The first-order chi connectivity index (χ1) is 5.86. The van der Waals surface area contributed by atoms with Crippen molar-refractivity contribution in [3.05, 3.63) is 5.01 Å². The summed E-state index contributed by atoms with van der Waals surface area (Å²) in [5, 5.41) is 9.21. The van der Waals surface area contributed by atoms with Gasteiger partial charge in [-0.15, -0.1) is 10.2 Å². The lowest BCUT2D eigenvalue weighted by atomic mass is 10.2. The fraction of sp³-hybridized carbons (Fsp3) is 0.714. The molecule has 0 saturated carbocycles. The van der Waals surface area contributed by atoms with Crippen molar-refractivity contribution in [2.45, 2.75) is 23.6 Å². The molecule has 68 valence electrons. The molecule has 0 amide bonds. The van der Waals surface area contributed by atoms with Crippen molar-refractivity contribution in [1.29, 1.82) is 0 Å². The fourth-order valence-corrected chi connectivity index (χ4v) is 2.20. The second-order valence-electron chi connectivity index (χ2n) is 2.41. The topological polar surface area (TPSA) is 51.8 Å². The minimum Gasteiger partial charge on any atom is -0.330 e. The molecule has 0 aliphatic heterocycles. The summed E-state index contributed by atoms with van der Waals surface area (Å²) in [6.45, 7) is 0.772. The average Bonchev–Trinajstić information content (AvgIpc) is 2.53. The van der Waals surface area contributed by atoms with Gasteiger partial charge in [-0.25, -0.2) is 0 Å². The van der Waals surface area contributed by atoms with Crippen LogP contribution in [-0.2, 0) is 6.42 Å². The van der Waals surface area contributed by atoms with E-state index in [4.69, 9.17) is 5.73 Å². The Morgan fingerprint density at radius 2 is 2.25 bits per heavy atom. The van der Waals surface area contributed by atoms with Gasteiger partial charge in [-0.3, -0.25) is 0 Å². The lowest BCUT2D eigenvalue weighted by Gasteiger charge is -1.92. The molecular weight excluding hydrogens is 190 g/mol. The van der Waals surface area contributed by atoms with Gasteiger partial charge in [0.15, 0.2) is 4.34 Å². The maximum absolute atomic E-state index is 5.39. The van der Waals surface area contributed by atoms with Crippen LogP contribution >= 0.6 is 23.1 Å². The van der Waals surface area contributed by atoms with Crippen LogP contribution in [0.1, 0.15) is 17.8 Å². The molecule has 0 bridgehead atoms. The van der Waals surface area contributed by atoms with Gasteiger partial charge < -0.3 is 5.73 Å². The number of nitrogens with zero attached hydrogens (tertiary/aromatic N) is 2. The van der Waals surface area contributed by atoms with Crippen LogP contribution in [0.5, 0.6) is 0 Å². The van der Waals surface area contributed by atoms with Crippen molar-refractivity contribution in [2.24, 2.45) is 5.73 Å². The third kappa shape index (κ3) is 3.08. The quantitative estimate of drug-likeness (QED) is 0.582. The molecule has 0 aliphatic rings. The Morgan fingerprint density at radius 3 is 2.83 bits per heavy atom. The first kappa shape index (κ1) is 9.95. The smallest absolute Gasteiger partial charge is 0.174 e. The summed E-state index contributed by atoms with van der Waals surface area (Å²) in [4.78, 5) is 0. The van der Waals surface area contributed by atoms with Crippen molar-refractivity contribution < 1.29 is 0 Å². The first-order valence-electron chi connectivity index (χ1n) is 3.93. The minimum atomic E-state index is 0.772. The van der Waals surface area contributed by atoms with Crippen LogP contribution in [-0.4, -0.2) is 23.0 Å². The van der Waals surface area contributed by atoms with E-state index in [2.05, 4.69) is 10.2 Å². The van der Waals surface area contributed by atoms with Gasteiger partial charge in [0.1, 0.15) is 5.01 Å². The van der Waals surface area contributed by atoms with Gasteiger partial charge in [-0.1, -0.05) is 23.1 Å². The van der Waals surface area contributed by atoms with Crippen LogP contribution in [0, 0.1) is 0 Å². The van der Waals surface area contributed by atoms with Crippen LogP contribution in [0.3, 0.4) is 0 Å². The van der Waals surface area contributed by atoms with E-state index in [1.54, 1.807) is 23.1 Å². The average molecular weight is 203 g/mol. The van der Waals surface area contributed by atoms with Crippen molar-refractivity contribution in [3.8, 4) is 0 Å². The number of unbranched alkanes of at least 4 members (excludes halogenated alkanes) is 1. The molecule has 0 atom stereocenters. The molecule has 3 nitrogen and oxygen atoms in total. The van der Waals surface area contributed by atoms with Gasteiger partial charge in [0.05, 0.1) is 0 Å². The molecule has 0 radical (unpaired) electrons.